The van der Waals surface area contributed by atoms with E-state index >= 15 is 0 Å². The van der Waals surface area contributed by atoms with Crippen molar-refractivity contribution >= 4 is 12.0 Å². The molecule has 1 heterocycles. The van der Waals surface area contributed by atoms with E-state index < -0.39 is 11.5 Å². The van der Waals surface area contributed by atoms with Crippen LogP contribution in [0, 0.1) is 0 Å². The maximum Gasteiger partial charge on any atom is 0.410 e. The number of nitrogens with zero attached hydrogens (tertiary/aromatic N) is 3. The first-order valence-corrected chi connectivity index (χ1v) is 11.9. The summed E-state index contributed by atoms with van der Waals surface area (Å²) in [6, 6.07) is 17.1. The molecule has 2 aliphatic carbocycles. The Balaban J connectivity index is 1.36. The van der Waals surface area contributed by atoms with Gasteiger partial charge in [0.2, 0.25) is 5.91 Å². The summed E-state index contributed by atoms with van der Waals surface area (Å²) >= 11 is 0. The van der Waals surface area contributed by atoms with E-state index in [9.17, 15) is 9.59 Å². The fraction of sp³-hybridized carbons (Fsp3) is 0.407. The molecule has 3 aromatic rings. The number of carbonyl (C=O) groups excluding carboxylic acids is 2. The number of rotatable bonds is 7. The van der Waals surface area contributed by atoms with Gasteiger partial charge in [0.1, 0.15) is 5.60 Å². The summed E-state index contributed by atoms with van der Waals surface area (Å²) in [5, 5.41) is 4.27. The summed E-state index contributed by atoms with van der Waals surface area (Å²) in [7, 11) is 0. The Morgan fingerprint density at radius 1 is 1.11 bits per heavy atom. The summed E-state index contributed by atoms with van der Waals surface area (Å²) in [5.74, 6) is 0.775. The molecule has 2 N–H and O–H groups in total. The fourth-order valence-corrected chi connectivity index (χ4v) is 4.48. The molecular weight excluding hydrogens is 444 g/mol. The maximum absolute atomic E-state index is 13.3. The Bertz CT molecular complexity index is 1230. The number of aromatic nitrogens is 2. The van der Waals surface area contributed by atoms with Crippen molar-refractivity contribution in [1.82, 2.24) is 15.0 Å². The third kappa shape index (κ3) is 4.92. The van der Waals surface area contributed by atoms with E-state index in [-0.39, 0.29) is 17.6 Å². The van der Waals surface area contributed by atoms with Gasteiger partial charge in [-0.3, -0.25) is 4.79 Å². The highest BCUT2D eigenvalue weighted by molar-refractivity contribution is 5.93. The summed E-state index contributed by atoms with van der Waals surface area (Å²) in [6.45, 7) is 6.13. The quantitative estimate of drug-likeness (QED) is 0.533. The van der Waals surface area contributed by atoms with Gasteiger partial charge in [0.25, 0.3) is 5.89 Å². The van der Waals surface area contributed by atoms with Crippen molar-refractivity contribution in [1.29, 1.82) is 0 Å². The van der Waals surface area contributed by atoms with Crippen LogP contribution in [0.2, 0.25) is 0 Å². The molecule has 5 rings (SSSR count). The molecule has 2 atom stereocenters. The largest absolute Gasteiger partial charge is 0.444 e. The lowest BCUT2D eigenvalue weighted by atomic mass is 10.1. The SMILES string of the molecule is CC(C)(C)OC(=O)N(CC1(c2noc(-c3ccc(C(N)=O)cc3)n2)CC1)[C@H]1CC1c1ccccc1. The summed E-state index contributed by atoms with van der Waals surface area (Å²) in [6.07, 6.45) is 2.34. The zero-order valence-corrected chi connectivity index (χ0v) is 20.2. The molecule has 0 aliphatic heterocycles. The summed E-state index contributed by atoms with van der Waals surface area (Å²) in [4.78, 5) is 31.1. The van der Waals surface area contributed by atoms with Crippen LogP contribution >= 0.6 is 0 Å². The summed E-state index contributed by atoms with van der Waals surface area (Å²) in [5.41, 5.74) is 6.75. The van der Waals surface area contributed by atoms with Crippen LogP contribution < -0.4 is 5.73 Å². The van der Waals surface area contributed by atoms with E-state index in [0.29, 0.717) is 35.3 Å². The monoisotopic (exact) mass is 474 g/mol. The Kier molecular flexibility index (Phi) is 5.62. The average Bonchev–Trinajstić information content (AvgIpc) is 3.73. The molecule has 1 unspecified atom stereocenters. The van der Waals surface area contributed by atoms with E-state index in [2.05, 4.69) is 22.3 Å². The van der Waals surface area contributed by atoms with Gasteiger partial charge in [-0.05, 0) is 69.9 Å². The fourth-order valence-electron chi connectivity index (χ4n) is 4.48. The number of hydrogen-bond donors (Lipinski definition) is 1. The van der Waals surface area contributed by atoms with E-state index in [1.54, 1.807) is 24.3 Å². The van der Waals surface area contributed by atoms with Crippen molar-refractivity contribution in [2.45, 2.75) is 63.0 Å². The van der Waals surface area contributed by atoms with Crippen LogP contribution in [-0.4, -0.2) is 45.2 Å². The average molecular weight is 475 g/mol. The predicted molar refractivity (Wildman–Crippen MR) is 130 cm³/mol. The molecule has 2 fully saturated rings. The van der Waals surface area contributed by atoms with Gasteiger partial charge < -0.3 is 19.9 Å². The standard InChI is InChI=1S/C27H30N4O4/c1-26(2,3)34-25(33)31(21-15-20(21)17-7-5-4-6-8-17)16-27(13-14-27)24-29-23(35-30-24)19-11-9-18(10-12-19)22(28)32/h4-12,20-21H,13-16H2,1-3H3,(H2,28,32)/t20?,21-/m0/s1. The molecule has 1 aromatic heterocycles. The van der Waals surface area contributed by atoms with E-state index in [1.165, 1.54) is 5.56 Å². The minimum atomic E-state index is -0.584. The van der Waals surface area contributed by atoms with Gasteiger partial charge >= 0.3 is 6.09 Å². The topological polar surface area (TPSA) is 112 Å². The van der Waals surface area contributed by atoms with Gasteiger partial charge in [0, 0.05) is 29.6 Å². The zero-order chi connectivity index (χ0) is 24.8. The van der Waals surface area contributed by atoms with Crippen molar-refractivity contribution in [2.24, 2.45) is 5.73 Å². The number of hydrogen-bond acceptors (Lipinski definition) is 6. The molecule has 0 spiro atoms. The van der Waals surface area contributed by atoms with Crippen LogP contribution in [0.1, 0.15) is 67.7 Å². The van der Waals surface area contributed by atoms with Crippen molar-refractivity contribution in [3.63, 3.8) is 0 Å². The Labute approximate surface area is 204 Å². The molecule has 2 aliphatic rings. The highest BCUT2D eigenvalue weighted by Gasteiger charge is 2.55. The van der Waals surface area contributed by atoms with Crippen LogP contribution in [0.4, 0.5) is 4.79 Å². The molecule has 0 radical (unpaired) electrons. The van der Waals surface area contributed by atoms with Crippen molar-refractivity contribution in [3.05, 3.63) is 71.5 Å². The molecule has 35 heavy (non-hydrogen) atoms. The van der Waals surface area contributed by atoms with Crippen LogP contribution in [0.15, 0.2) is 59.1 Å². The highest BCUT2D eigenvalue weighted by atomic mass is 16.6. The molecule has 2 saturated carbocycles. The van der Waals surface area contributed by atoms with Gasteiger partial charge in [-0.1, -0.05) is 35.5 Å². The lowest BCUT2D eigenvalue weighted by Crippen LogP contribution is -2.43. The number of ether oxygens (including phenoxy) is 1. The van der Waals surface area contributed by atoms with Gasteiger partial charge in [-0.15, -0.1) is 0 Å². The number of nitrogens with two attached hydrogens (primary N) is 1. The van der Waals surface area contributed by atoms with Crippen LogP contribution in [0.25, 0.3) is 11.5 Å². The summed E-state index contributed by atoms with van der Waals surface area (Å²) < 4.78 is 11.3. The lowest BCUT2D eigenvalue weighted by molar-refractivity contribution is 0.0208. The first kappa shape index (κ1) is 23.1. The molecular formula is C27H30N4O4. The Hall–Kier alpha value is -3.68. The smallest absolute Gasteiger partial charge is 0.410 e. The predicted octanol–water partition coefficient (Wildman–Crippen LogP) is 4.66. The van der Waals surface area contributed by atoms with E-state index in [0.717, 1.165) is 19.3 Å². The van der Waals surface area contributed by atoms with E-state index in [4.69, 9.17) is 15.0 Å². The van der Waals surface area contributed by atoms with Gasteiger partial charge in [-0.2, -0.15) is 4.98 Å². The molecule has 0 bridgehead atoms. The van der Waals surface area contributed by atoms with Gasteiger partial charge in [0.05, 0.1) is 5.41 Å². The molecule has 8 nitrogen and oxygen atoms in total. The van der Waals surface area contributed by atoms with Crippen LogP contribution in [-0.2, 0) is 10.2 Å². The first-order valence-electron chi connectivity index (χ1n) is 11.9. The van der Waals surface area contributed by atoms with Crippen LogP contribution in [0.3, 0.4) is 0 Å². The van der Waals surface area contributed by atoms with Crippen molar-refractivity contribution in [3.8, 4) is 11.5 Å². The van der Waals surface area contributed by atoms with Crippen molar-refractivity contribution in [2.75, 3.05) is 6.54 Å². The van der Waals surface area contributed by atoms with Gasteiger partial charge in [0.15, 0.2) is 5.82 Å². The number of amides is 2. The second-order valence-electron chi connectivity index (χ2n) is 10.6. The minimum Gasteiger partial charge on any atom is -0.444 e. The lowest BCUT2D eigenvalue weighted by Gasteiger charge is -2.30. The van der Waals surface area contributed by atoms with Crippen LogP contribution in [0.5, 0.6) is 0 Å². The number of carbonyl (C=O) groups is 2. The number of primary amides is 1. The zero-order valence-electron chi connectivity index (χ0n) is 20.2. The van der Waals surface area contributed by atoms with Gasteiger partial charge in [-0.25, -0.2) is 4.79 Å². The molecule has 2 aromatic carbocycles. The third-order valence-corrected chi connectivity index (χ3v) is 6.66. The molecule has 8 heteroatoms. The Morgan fingerprint density at radius 3 is 2.40 bits per heavy atom. The second kappa shape index (κ2) is 8.52. The second-order valence-corrected chi connectivity index (χ2v) is 10.6. The first-order chi connectivity index (χ1) is 16.7. The molecule has 2 amide bonds. The molecule has 0 saturated heterocycles. The van der Waals surface area contributed by atoms with Crippen molar-refractivity contribution < 1.29 is 18.8 Å². The highest BCUT2D eigenvalue weighted by Crippen LogP contribution is 2.52. The number of benzene rings is 2. The maximum atomic E-state index is 13.3. The van der Waals surface area contributed by atoms with E-state index in [1.807, 2.05) is 43.9 Å². The minimum absolute atomic E-state index is 0.0810. The molecule has 182 valence electrons. The third-order valence-electron chi connectivity index (χ3n) is 6.66. The Morgan fingerprint density at radius 2 is 1.80 bits per heavy atom. The normalized spacial score (nSPS) is 20.2.